The Morgan fingerprint density at radius 2 is 2.03 bits per heavy atom. The quantitative estimate of drug-likeness (QED) is 0.699. The summed E-state index contributed by atoms with van der Waals surface area (Å²) in [5.74, 6) is -1.72. The highest BCUT2D eigenvalue weighted by Gasteiger charge is 2.52. The Morgan fingerprint density at radius 1 is 1.33 bits per heavy atom. The van der Waals surface area contributed by atoms with Gasteiger partial charge >= 0.3 is 18.3 Å². The molecule has 3 atom stereocenters. The number of amides is 3. The molecule has 0 spiro atoms. The second-order valence-electron chi connectivity index (χ2n) is 7.53. The zero-order valence-corrected chi connectivity index (χ0v) is 16.2. The maximum Gasteiger partial charge on any atom is 0.414 e. The largest absolute Gasteiger partial charge is 0.453 e. The fourth-order valence-corrected chi connectivity index (χ4v) is 3.94. The van der Waals surface area contributed by atoms with E-state index in [1.165, 1.54) is 12.0 Å². The SMILES string of the molecule is COC(=O)NC[C@H]1CN(c2cc(F)c(N3CC4NC(=O)OC4(C)C3)c(F)c2)C(=O)O1. The fourth-order valence-electron chi connectivity index (χ4n) is 3.94. The number of nitrogens with one attached hydrogen (secondary N) is 2. The summed E-state index contributed by atoms with van der Waals surface area (Å²) in [6.45, 7) is 2.00. The third-order valence-corrected chi connectivity index (χ3v) is 5.43. The van der Waals surface area contributed by atoms with E-state index < -0.39 is 41.6 Å². The van der Waals surface area contributed by atoms with Crippen molar-refractivity contribution in [1.82, 2.24) is 10.6 Å². The van der Waals surface area contributed by atoms with Gasteiger partial charge in [0.25, 0.3) is 0 Å². The number of nitrogens with zero attached hydrogens (tertiary/aromatic N) is 2. The van der Waals surface area contributed by atoms with Crippen LogP contribution >= 0.6 is 0 Å². The van der Waals surface area contributed by atoms with E-state index in [9.17, 15) is 23.2 Å². The molecule has 30 heavy (non-hydrogen) atoms. The summed E-state index contributed by atoms with van der Waals surface area (Å²) in [4.78, 5) is 37.2. The van der Waals surface area contributed by atoms with Gasteiger partial charge in [0.2, 0.25) is 0 Å². The summed E-state index contributed by atoms with van der Waals surface area (Å²) in [6.07, 6.45) is -2.71. The summed E-state index contributed by atoms with van der Waals surface area (Å²) < 4.78 is 44.5. The molecule has 0 aromatic heterocycles. The fraction of sp³-hybridized carbons (Fsp3) is 0.500. The standard InChI is InChI=1S/C18H20F2N4O6/c1-18-8-23(7-13(18)22-16(26)30-18)14-11(19)3-9(4-12(14)20)24-6-10(29-17(24)27)5-21-15(25)28-2/h3-4,10,13H,5-8H2,1-2H3,(H,21,25)(H,22,26)/t10-,13?,18?/m0/s1. The minimum atomic E-state index is -0.882. The predicted molar refractivity (Wildman–Crippen MR) is 98.4 cm³/mol. The Labute approximate surface area is 170 Å². The average molecular weight is 426 g/mol. The highest BCUT2D eigenvalue weighted by atomic mass is 19.1. The zero-order valence-electron chi connectivity index (χ0n) is 16.2. The highest BCUT2D eigenvalue weighted by Crippen LogP contribution is 2.37. The second kappa shape index (κ2) is 7.18. The van der Waals surface area contributed by atoms with Crippen LogP contribution in [0, 0.1) is 11.6 Å². The third-order valence-electron chi connectivity index (χ3n) is 5.43. The van der Waals surface area contributed by atoms with Gasteiger partial charge < -0.3 is 29.7 Å². The summed E-state index contributed by atoms with van der Waals surface area (Å²) in [6, 6.07) is 1.71. The van der Waals surface area contributed by atoms with Crippen LogP contribution in [-0.2, 0) is 14.2 Å². The van der Waals surface area contributed by atoms with Crippen LogP contribution in [0.25, 0.3) is 0 Å². The van der Waals surface area contributed by atoms with E-state index in [0.717, 1.165) is 17.0 Å². The number of anilines is 2. The average Bonchev–Trinajstić information content (AvgIpc) is 3.27. The summed E-state index contributed by atoms with van der Waals surface area (Å²) in [7, 11) is 1.20. The van der Waals surface area contributed by atoms with Crippen molar-refractivity contribution < 1.29 is 37.4 Å². The van der Waals surface area contributed by atoms with Gasteiger partial charge in [-0.3, -0.25) is 4.90 Å². The van der Waals surface area contributed by atoms with E-state index in [2.05, 4.69) is 15.4 Å². The number of hydrogen-bond acceptors (Lipinski definition) is 7. The van der Waals surface area contributed by atoms with Crippen LogP contribution < -0.4 is 20.4 Å². The molecule has 0 aliphatic carbocycles. The lowest BCUT2D eigenvalue weighted by atomic mass is 10.0. The van der Waals surface area contributed by atoms with Crippen LogP contribution in [0.5, 0.6) is 0 Å². The van der Waals surface area contributed by atoms with Gasteiger partial charge in [-0.1, -0.05) is 0 Å². The van der Waals surface area contributed by atoms with Crippen LogP contribution in [0.15, 0.2) is 12.1 Å². The van der Waals surface area contributed by atoms with E-state index >= 15 is 0 Å². The van der Waals surface area contributed by atoms with Crippen molar-refractivity contribution in [2.45, 2.75) is 24.7 Å². The van der Waals surface area contributed by atoms with Crippen molar-refractivity contribution in [3.05, 3.63) is 23.8 Å². The lowest BCUT2D eigenvalue weighted by Crippen LogP contribution is -2.39. The third kappa shape index (κ3) is 3.42. The van der Waals surface area contributed by atoms with Crippen LogP contribution in [0.3, 0.4) is 0 Å². The number of cyclic esters (lactones) is 1. The first-order valence-electron chi connectivity index (χ1n) is 9.23. The first kappa shape index (κ1) is 20.0. The number of ether oxygens (including phenoxy) is 3. The molecule has 3 saturated heterocycles. The molecule has 3 aliphatic heterocycles. The molecule has 1 aromatic rings. The summed E-state index contributed by atoms with van der Waals surface area (Å²) >= 11 is 0. The molecule has 3 amide bonds. The van der Waals surface area contributed by atoms with Crippen molar-refractivity contribution in [2.24, 2.45) is 0 Å². The maximum atomic E-state index is 14.9. The van der Waals surface area contributed by atoms with Crippen molar-refractivity contribution >= 4 is 29.7 Å². The Morgan fingerprint density at radius 3 is 2.67 bits per heavy atom. The molecule has 4 rings (SSSR count). The first-order chi connectivity index (χ1) is 14.2. The Bertz CT molecular complexity index is 892. The molecule has 2 unspecified atom stereocenters. The van der Waals surface area contributed by atoms with Crippen LogP contribution in [-0.4, -0.2) is 69.3 Å². The molecule has 162 valence electrons. The van der Waals surface area contributed by atoms with Gasteiger partial charge in [-0.05, 0) is 6.92 Å². The van der Waals surface area contributed by atoms with E-state index in [4.69, 9.17) is 9.47 Å². The van der Waals surface area contributed by atoms with E-state index in [-0.39, 0.29) is 43.6 Å². The number of rotatable bonds is 4. The summed E-state index contributed by atoms with van der Waals surface area (Å²) in [5.41, 5.74) is -1.15. The Hall–Kier alpha value is -3.31. The molecular weight excluding hydrogens is 406 g/mol. The number of carbonyl (C=O) groups excluding carboxylic acids is 3. The molecule has 10 nitrogen and oxygen atoms in total. The molecule has 1 aromatic carbocycles. The van der Waals surface area contributed by atoms with Gasteiger partial charge in [0, 0.05) is 18.7 Å². The lowest BCUT2D eigenvalue weighted by Gasteiger charge is -2.24. The van der Waals surface area contributed by atoms with Crippen LogP contribution in [0.1, 0.15) is 6.92 Å². The van der Waals surface area contributed by atoms with Crippen molar-refractivity contribution in [3.63, 3.8) is 0 Å². The molecule has 3 fully saturated rings. The van der Waals surface area contributed by atoms with Crippen molar-refractivity contribution in [3.8, 4) is 0 Å². The number of carbonyl (C=O) groups is 3. The highest BCUT2D eigenvalue weighted by molar-refractivity contribution is 5.90. The van der Waals surface area contributed by atoms with Gasteiger partial charge in [0.15, 0.2) is 17.2 Å². The molecule has 0 saturated carbocycles. The van der Waals surface area contributed by atoms with Crippen LogP contribution in [0.4, 0.5) is 34.5 Å². The molecule has 0 radical (unpaired) electrons. The normalized spacial score (nSPS) is 27.5. The van der Waals surface area contributed by atoms with E-state index in [0.29, 0.717) is 0 Å². The predicted octanol–water partition coefficient (Wildman–Crippen LogP) is 1.33. The Balaban J connectivity index is 1.49. The molecule has 2 N–H and O–H groups in total. The van der Waals surface area contributed by atoms with Gasteiger partial charge in [-0.25, -0.2) is 23.2 Å². The zero-order chi connectivity index (χ0) is 21.6. The molecule has 0 bridgehead atoms. The van der Waals surface area contributed by atoms with Crippen molar-refractivity contribution in [2.75, 3.05) is 43.1 Å². The molecular formula is C18H20F2N4O6. The number of methoxy groups -OCH3 is 1. The number of alkyl carbamates (subject to hydrolysis) is 2. The van der Waals surface area contributed by atoms with Gasteiger partial charge in [0.1, 0.15) is 11.8 Å². The minimum absolute atomic E-state index is 0.00255. The van der Waals surface area contributed by atoms with Gasteiger partial charge in [0.05, 0.1) is 38.5 Å². The lowest BCUT2D eigenvalue weighted by molar-refractivity contribution is 0.0761. The van der Waals surface area contributed by atoms with Gasteiger partial charge in [-0.2, -0.15) is 0 Å². The minimum Gasteiger partial charge on any atom is -0.453 e. The first-order valence-corrected chi connectivity index (χ1v) is 9.23. The monoisotopic (exact) mass is 426 g/mol. The number of fused-ring (bicyclic) bond motifs is 1. The Kier molecular flexibility index (Phi) is 4.79. The maximum absolute atomic E-state index is 14.9. The molecule has 3 heterocycles. The summed E-state index contributed by atoms with van der Waals surface area (Å²) in [5, 5.41) is 5.03. The van der Waals surface area contributed by atoms with E-state index in [1.807, 2.05) is 0 Å². The van der Waals surface area contributed by atoms with Crippen LogP contribution in [0.2, 0.25) is 0 Å². The molecule has 3 aliphatic rings. The van der Waals surface area contributed by atoms with Gasteiger partial charge in [-0.15, -0.1) is 0 Å². The number of halogens is 2. The molecule has 12 heteroatoms. The number of hydrogen-bond donors (Lipinski definition) is 2. The van der Waals surface area contributed by atoms with Crippen molar-refractivity contribution in [1.29, 1.82) is 0 Å². The second-order valence-corrected chi connectivity index (χ2v) is 7.53. The number of benzene rings is 1. The smallest absolute Gasteiger partial charge is 0.414 e. The topological polar surface area (TPSA) is 109 Å². The van der Waals surface area contributed by atoms with E-state index in [1.54, 1.807) is 6.92 Å².